The van der Waals surface area contributed by atoms with Crippen molar-refractivity contribution in [3.05, 3.63) is 83.3 Å². The van der Waals surface area contributed by atoms with Gasteiger partial charge in [0, 0.05) is 23.5 Å². The third-order valence-corrected chi connectivity index (χ3v) is 5.59. The van der Waals surface area contributed by atoms with Gasteiger partial charge in [-0.15, -0.1) is 0 Å². The van der Waals surface area contributed by atoms with E-state index < -0.39 is 0 Å². The first-order chi connectivity index (χ1) is 17.0. The maximum absolute atomic E-state index is 6.24. The molecule has 2 heterocycles. The number of benzene rings is 2. The molecular weight excluding hydrogens is 484 g/mol. The molecule has 0 saturated carbocycles. The summed E-state index contributed by atoms with van der Waals surface area (Å²) in [7, 11) is 0. The molecular formula is C25H27ClN6O2S. The molecule has 35 heavy (non-hydrogen) atoms. The van der Waals surface area contributed by atoms with Gasteiger partial charge in [-0.25, -0.2) is 0 Å². The number of anilines is 2. The first-order valence-corrected chi connectivity index (χ1v) is 12.1. The highest BCUT2D eigenvalue weighted by molar-refractivity contribution is 7.80. The van der Waals surface area contributed by atoms with Crippen molar-refractivity contribution in [3.8, 4) is 11.5 Å². The van der Waals surface area contributed by atoms with E-state index in [0.29, 0.717) is 42.3 Å². The molecule has 2 N–H and O–H groups in total. The predicted molar refractivity (Wildman–Crippen MR) is 143 cm³/mol. The van der Waals surface area contributed by atoms with Crippen LogP contribution in [0.25, 0.3) is 0 Å². The Hall–Kier alpha value is -3.56. The second-order valence-corrected chi connectivity index (χ2v) is 8.46. The Morgan fingerprint density at radius 1 is 0.971 bits per heavy atom. The molecule has 8 nitrogen and oxygen atoms in total. The lowest BCUT2D eigenvalue weighted by atomic mass is 10.2. The van der Waals surface area contributed by atoms with Crippen molar-refractivity contribution in [1.29, 1.82) is 0 Å². The van der Waals surface area contributed by atoms with Gasteiger partial charge >= 0.3 is 0 Å². The maximum Gasteiger partial charge on any atom is 0.176 e. The first kappa shape index (κ1) is 24.6. The lowest BCUT2D eigenvalue weighted by Gasteiger charge is -2.12. The second-order valence-electron chi connectivity index (χ2n) is 7.64. The van der Waals surface area contributed by atoms with E-state index in [1.807, 2.05) is 79.5 Å². The Morgan fingerprint density at radius 3 is 2.57 bits per heavy atom. The van der Waals surface area contributed by atoms with Crippen LogP contribution < -0.4 is 20.1 Å². The van der Waals surface area contributed by atoms with Gasteiger partial charge < -0.3 is 20.1 Å². The zero-order chi connectivity index (χ0) is 24.6. The minimum Gasteiger partial charge on any atom is -0.490 e. The molecule has 0 radical (unpaired) electrons. The summed E-state index contributed by atoms with van der Waals surface area (Å²) < 4.78 is 15.0. The molecule has 0 fully saturated rings. The fourth-order valence-corrected chi connectivity index (χ4v) is 3.91. The predicted octanol–water partition coefficient (Wildman–Crippen LogP) is 5.44. The third-order valence-electron chi connectivity index (χ3n) is 5.02. The average Bonchev–Trinajstić information content (AvgIpc) is 3.46. The highest BCUT2D eigenvalue weighted by atomic mass is 35.5. The van der Waals surface area contributed by atoms with Crippen LogP contribution in [0.1, 0.15) is 25.0 Å². The zero-order valence-corrected chi connectivity index (χ0v) is 21.1. The van der Waals surface area contributed by atoms with Crippen molar-refractivity contribution in [2.45, 2.75) is 26.9 Å². The topological polar surface area (TPSA) is 78.2 Å². The number of nitrogens with zero attached hydrogens (tertiary/aromatic N) is 4. The number of hydrogen-bond acceptors (Lipinski definition) is 5. The van der Waals surface area contributed by atoms with Crippen molar-refractivity contribution < 1.29 is 9.47 Å². The van der Waals surface area contributed by atoms with Gasteiger partial charge in [0.25, 0.3) is 0 Å². The minimum atomic E-state index is 0.423. The minimum absolute atomic E-state index is 0.423. The van der Waals surface area contributed by atoms with Gasteiger partial charge in [-0.2, -0.15) is 10.2 Å². The highest BCUT2D eigenvalue weighted by Gasteiger charge is 2.09. The van der Waals surface area contributed by atoms with Gasteiger partial charge in [0.2, 0.25) is 0 Å². The SMILES string of the molecule is CCOc1ccc(Cn2cc(NC(=S)Nc3ccn(Cc4ccccc4Cl)n3)cn2)cc1OCC. The van der Waals surface area contributed by atoms with Crippen LogP contribution in [0.4, 0.5) is 11.5 Å². The van der Waals surface area contributed by atoms with Gasteiger partial charge in [0.15, 0.2) is 22.4 Å². The molecule has 0 amide bonds. The summed E-state index contributed by atoms with van der Waals surface area (Å²) in [6, 6.07) is 15.5. The molecule has 0 aliphatic heterocycles. The van der Waals surface area contributed by atoms with Gasteiger partial charge in [-0.3, -0.25) is 9.36 Å². The van der Waals surface area contributed by atoms with E-state index in [1.54, 1.807) is 10.9 Å². The van der Waals surface area contributed by atoms with Crippen LogP contribution in [0.3, 0.4) is 0 Å². The molecule has 0 saturated heterocycles. The number of thiocarbonyl (C=S) groups is 1. The zero-order valence-electron chi connectivity index (χ0n) is 19.6. The van der Waals surface area contributed by atoms with Gasteiger partial charge in [-0.1, -0.05) is 35.9 Å². The summed E-state index contributed by atoms with van der Waals surface area (Å²) in [6.07, 6.45) is 5.49. The van der Waals surface area contributed by atoms with Crippen molar-refractivity contribution in [3.63, 3.8) is 0 Å². The van der Waals surface area contributed by atoms with E-state index in [0.717, 1.165) is 28.3 Å². The van der Waals surface area contributed by atoms with E-state index in [1.165, 1.54) is 0 Å². The number of hydrogen-bond donors (Lipinski definition) is 2. The fourth-order valence-electron chi connectivity index (χ4n) is 3.49. The molecule has 4 rings (SSSR count). The van der Waals surface area contributed by atoms with Crippen LogP contribution in [0.2, 0.25) is 5.02 Å². The van der Waals surface area contributed by atoms with Crippen molar-refractivity contribution in [1.82, 2.24) is 19.6 Å². The Bertz CT molecular complexity index is 1290. The lowest BCUT2D eigenvalue weighted by molar-refractivity contribution is 0.287. The van der Waals surface area contributed by atoms with Crippen LogP contribution in [0.5, 0.6) is 11.5 Å². The number of nitrogens with one attached hydrogen (secondary N) is 2. The van der Waals surface area contributed by atoms with Crippen LogP contribution >= 0.6 is 23.8 Å². The molecule has 2 aromatic carbocycles. The summed E-state index contributed by atoms with van der Waals surface area (Å²) in [4.78, 5) is 0. The second kappa shape index (κ2) is 11.7. The Kier molecular flexibility index (Phi) is 8.23. The van der Waals surface area contributed by atoms with E-state index in [-0.39, 0.29) is 0 Å². The highest BCUT2D eigenvalue weighted by Crippen LogP contribution is 2.29. The van der Waals surface area contributed by atoms with E-state index in [9.17, 15) is 0 Å². The first-order valence-electron chi connectivity index (χ1n) is 11.3. The normalized spacial score (nSPS) is 10.7. The monoisotopic (exact) mass is 510 g/mol. The molecule has 0 bridgehead atoms. The van der Waals surface area contributed by atoms with Gasteiger partial charge in [0.05, 0.1) is 38.2 Å². The number of ether oxygens (including phenoxy) is 2. The largest absolute Gasteiger partial charge is 0.490 e. The van der Waals surface area contributed by atoms with Crippen LogP contribution in [0, 0.1) is 0 Å². The number of halogens is 1. The standard InChI is InChI=1S/C25H27ClN6O2S/c1-3-33-22-10-9-18(13-23(22)34-4-2)15-32-17-20(14-27-32)28-25(35)29-24-11-12-31(30-24)16-19-7-5-6-8-21(19)26/h5-14,17H,3-4,15-16H2,1-2H3,(H2,28,29,30,35). The molecule has 0 atom stereocenters. The third kappa shape index (κ3) is 6.74. The summed E-state index contributed by atoms with van der Waals surface area (Å²) in [5.41, 5.74) is 2.82. The summed E-state index contributed by atoms with van der Waals surface area (Å²) in [6.45, 7) is 6.22. The van der Waals surface area contributed by atoms with Gasteiger partial charge in [-0.05, 0) is 55.4 Å². The molecule has 0 spiro atoms. The Balaban J connectivity index is 1.33. The van der Waals surface area contributed by atoms with Gasteiger partial charge in [0.1, 0.15) is 0 Å². The van der Waals surface area contributed by atoms with E-state index >= 15 is 0 Å². The lowest BCUT2D eigenvalue weighted by Crippen LogP contribution is -2.19. The number of aromatic nitrogens is 4. The number of rotatable bonds is 10. The van der Waals surface area contributed by atoms with Crippen LogP contribution in [0.15, 0.2) is 67.1 Å². The van der Waals surface area contributed by atoms with E-state index in [4.69, 9.17) is 33.3 Å². The summed E-state index contributed by atoms with van der Waals surface area (Å²) in [5, 5.41) is 16.3. The quantitative estimate of drug-likeness (QED) is 0.275. The molecule has 0 aliphatic rings. The molecule has 10 heteroatoms. The molecule has 182 valence electrons. The van der Waals surface area contributed by atoms with Crippen molar-refractivity contribution >= 4 is 40.4 Å². The molecule has 2 aromatic heterocycles. The maximum atomic E-state index is 6.24. The van der Waals surface area contributed by atoms with Crippen LogP contribution in [-0.4, -0.2) is 37.9 Å². The fraction of sp³-hybridized carbons (Fsp3) is 0.240. The average molecular weight is 511 g/mol. The van der Waals surface area contributed by atoms with Crippen LogP contribution in [-0.2, 0) is 13.1 Å². The summed E-state index contributed by atoms with van der Waals surface area (Å²) in [5.74, 6) is 2.11. The Morgan fingerprint density at radius 2 is 1.77 bits per heavy atom. The molecule has 0 unspecified atom stereocenters. The summed E-state index contributed by atoms with van der Waals surface area (Å²) >= 11 is 11.7. The van der Waals surface area contributed by atoms with E-state index in [2.05, 4.69) is 20.8 Å². The van der Waals surface area contributed by atoms with Crippen molar-refractivity contribution in [2.24, 2.45) is 0 Å². The van der Waals surface area contributed by atoms with Crippen molar-refractivity contribution in [2.75, 3.05) is 23.8 Å². The smallest absolute Gasteiger partial charge is 0.176 e. The molecule has 0 aliphatic carbocycles. The molecule has 4 aromatic rings. The Labute approximate surface area is 214 Å².